The van der Waals surface area contributed by atoms with Crippen molar-refractivity contribution in [2.45, 2.75) is 25.2 Å². The van der Waals surface area contributed by atoms with E-state index in [1.54, 1.807) is 32.0 Å². The standard InChI is InChI=1S/C21H28N2O6S2/c1-5-28-21(25)20-15(2)12-19(30-20)22-18(24)14-23(3)10-7-11-29-16-8-6-9-17(13-16)31(4,26)27/h6,8-9,12-13H,5,7,10-11,14H2,1-4H3,(H,22,24). The lowest BCUT2D eigenvalue weighted by Crippen LogP contribution is -2.31. The Morgan fingerprint density at radius 2 is 1.97 bits per heavy atom. The van der Waals surface area contributed by atoms with E-state index in [2.05, 4.69) is 5.32 Å². The normalized spacial score (nSPS) is 11.4. The van der Waals surface area contributed by atoms with Gasteiger partial charge in [-0.15, -0.1) is 11.3 Å². The highest BCUT2D eigenvalue weighted by Crippen LogP contribution is 2.27. The van der Waals surface area contributed by atoms with Gasteiger partial charge in [0.05, 0.1) is 29.7 Å². The maximum Gasteiger partial charge on any atom is 0.348 e. The van der Waals surface area contributed by atoms with Crippen molar-refractivity contribution in [3.8, 4) is 5.75 Å². The summed E-state index contributed by atoms with van der Waals surface area (Å²) in [7, 11) is -1.45. The van der Waals surface area contributed by atoms with Crippen molar-refractivity contribution in [2.24, 2.45) is 0 Å². The highest BCUT2D eigenvalue weighted by Gasteiger charge is 2.16. The summed E-state index contributed by atoms with van der Waals surface area (Å²) in [6, 6.07) is 8.13. The molecule has 0 saturated carbocycles. The fourth-order valence-corrected chi connectivity index (χ4v) is 4.40. The Hall–Kier alpha value is -2.43. The molecule has 0 radical (unpaired) electrons. The minimum Gasteiger partial charge on any atom is -0.494 e. The van der Waals surface area contributed by atoms with Crippen LogP contribution in [0.3, 0.4) is 0 Å². The first kappa shape index (κ1) is 24.8. The second-order valence-corrected chi connectivity index (χ2v) is 10.1. The third-order valence-corrected chi connectivity index (χ3v) is 6.48. The lowest BCUT2D eigenvalue weighted by molar-refractivity contribution is -0.117. The summed E-state index contributed by atoms with van der Waals surface area (Å²) in [5.74, 6) is -0.0700. The molecule has 170 valence electrons. The van der Waals surface area contributed by atoms with Gasteiger partial charge in [0.2, 0.25) is 5.91 Å². The molecule has 8 nitrogen and oxygen atoms in total. The molecule has 1 aromatic heterocycles. The van der Waals surface area contributed by atoms with Crippen LogP contribution in [0.2, 0.25) is 0 Å². The van der Waals surface area contributed by atoms with Crippen LogP contribution in [-0.2, 0) is 19.4 Å². The predicted octanol–water partition coefficient (Wildman–Crippen LogP) is 2.98. The molecule has 0 aliphatic rings. The first-order chi connectivity index (χ1) is 14.6. The number of benzene rings is 1. The lowest BCUT2D eigenvalue weighted by atomic mass is 10.3. The monoisotopic (exact) mass is 468 g/mol. The van der Waals surface area contributed by atoms with Gasteiger partial charge in [-0.2, -0.15) is 0 Å². The van der Waals surface area contributed by atoms with Crippen molar-refractivity contribution in [2.75, 3.05) is 44.9 Å². The van der Waals surface area contributed by atoms with Gasteiger partial charge in [0.1, 0.15) is 10.6 Å². The molecule has 0 spiro atoms. The van der Waals surface area contributed by atoms with Crippen LogP contribution < -0.4 is 10.1 Å². The molecule has 1 heterocycles. The van der Waals surface area contributed by atoms with E-state index in [4.69, 9.17) is 9.47 Å². The van der Waals surface area contributed by atoms with Gasteiger partial charge in [0, 0.05) is 12.8 Å². The molecule has 0 saturated heterocycles. The average molecular weight is 469 g/mol. The summed E-state index contributed by atoms with van der Waals surface area (Å²) < 4.78 is 33.8. The zero-order valence-electron chi connectivity index (χ0n) is 18.1. The highest BCUT2D eigenvalue weighted by molar-refractivity contribution is 7.90. The van der Waals surface area contributed by atoms with Crippen molar-refractivity contribution in [1.82, 2.24) is 4.90 Å². The summed E-state index contributed by atoms with van der Waals surface area (Å²) in [6.45, 7) is 5.06. The van der Waals surface area contributed by atoms with Gasteiger partial charge in [0.15, 0.2) is 9.84 Å². The van der Waals surface area contributed by atoms with E-state index in [-0.39, 0.29) is 23.3 Å². The van der Waals surface area contributed by atoms with Crippen LogP contribution in [0.25, 0.3) is 0 Å². The van der Waals surface area contributed by atoms with Crippen molar-refractivity contribution in [3.63, 3.8) is 0 Å². The van der Waals surface area contributed by atoms with Crippen LogP contribution in [0.4, 0.5) is 5.00 Å². The van der Waals surface area contributed by atoms with Gasteiger partial charge >= 0.3 is 5.97 Å². The van der Waals surface area contributed by atoms with E-state index in [0.717, 1.165) is 11.8 Å². The first-order valence-electron chi connectivity index (χ1n) is 9.79. The fourth-order valence-electron chi connectivity index (χ4n) is 2.76. The van der Waals surface area contributed by atoms with Crippen molar-refractivity contribution in [1.29, 1.82) is 0 Å². The number of ether oxygens (including phenoxy) is 2. The summed E-state index contributed by atoms with van der Waals surface area (Å²) in [5.41, 5.74) is 0.768. The van der Waals surface area contributed by atoms with Gasteiger partial charge in [0.25, 0.3) is 0 Å². The lowest BCUT2D eigenvalue weighted by Gasteiger charge is -2.16. The van der Waals surface area contributed by atoms with Crippen LogP contribution in [0.5, 0.6) is 5.75 Å². The molecule has 0 aliphatic heterocycles. The molecule has 1 aromatic carbocycles. The SMILES string of the molecule is CCOC(=O)c1sc(NC(=O)CN(C)CCCOc2cccc(S(C)(=O)=O)c2)cc1C. The van der Waals surface area contributed by atoms with E-state index >= 15 is 0 Å². The Bertz CT molecular complexity index is 1020. The van der Waals surface area contributed by atoms with Crippen LogP contribution in [0.15, 0.2) is 35.2 Å². The minimum absolute atomic E-state index is 0.180. The van der Waals surface area contributed by atoms with E-state index in [1.165, 1.54) is 23.5 Å². The number of amides is 1. The maximum absolute atomic E-state index is 12.3. The zero-order valence-corrected chi connectivity index (χ0v) is 19.8. The number of esters is 1. The quantitative estimate of drug-likeness (QED) is 0.400. The Kier molecular flexibility index (Phi) is 9.02. The molecule has 0 fully saturated rings. The fraction of sp³-hybridized carbons (Fsp3) is 0.429. The molecule has 1 N–H and O–H groups in total. The molecule has 0 aliphatic carbocycles. The number of nitrogens with zero attached hydrogens (tertiary/aromatic N) is 1. The molecular formula is C21H28N2O6S2. The van der Waals surface area contributed by atoms with E-state index in [1.807, 2.05) is 11.9 Å². The molecule has 10 heteroatoms. The largest absolute Gasteiger partial charge is 0.494 e. The third kappa shape index (κ3) is 7.97. The summed E-state index contributed by atoms with van der Waals surface area (Å²) in [4.78, 5) is 26.7. The molecule has 1 amide bonds. The van der Waals surface area contributed by atoms with Crippen LogP contribution in [0.1, 0.15) is 28.6 Å². The number of likely N-dealkylation sites (N-methyl/N-ethyl adjacent to an activating group) is 1. The molecule has 0 unspecified atom stereocenters. The second kappa shape index (κ2) is 11.3. The summed E-state index contributed by atoms with van der Waals surface area (Å²) in [6.07, 6.45) is 1.82. The average Bonchev–Trinajstić information content (AvgIpc) is 3.05. The molecule has 2 aromatic rings. The maximum atomic E-state index is 12.3. The zero-order chi connectivity index (χ0) is 23.0. The number of carbonyl (C=O) groups is 2. The molecule has 2 rings (SSSR count). The van der Waals surface area contributed by atoms with Gasteiger partial charge in [-0.25, -0.2) is 13.2 Å². The van der Waals surface area contributed by atoms with Gasteiger partial charge in [-0.3, -0.25) is 9.69 Å². The number of sulfone groups is 1. The minimum atomic E-state index is -3.28. The van der Waals surface area contributed by atoms with Gasteiger partial charge < -0.3 is 14.8 Å². The van der Waals surface area contributed by atoms with Crippen molar-refractivity contribution >= 4 is 38.1 Å². The van der Waals surface area contributed by atoms with Crippen molar-refractivity contribution < 1.29 is 27.5 Å². The highest BCUT2D eigenvalue weighted by atomic mass is 32.2. The molecule has 31 heavy (non-hydrogen) atoms. The number of hydrogen-bond donors (Lipinski definition) is 1. The molecule has 0 atom stereocenters. The summed E-state index contributed by atoms with van der Waals surface area (Å²) in [5, 5.41) is 3.41. The Morgan fingerprint density at radius 1 is 1.23 bits per heavy atom. The predicted molar refractivity (Wildman–Crippen MR) is 121 cm³/mol. The Balaban J connectivity index is 1.75. The summed E-state index contributed by atoms with van der Waals surface area (Å²) >= 11 is 1.20. The van der Waals surface area contributed by atoms with Gasteiger partial charge in [-0.1, -0.05) is 6.07 Å². The van der Waals surface area contributed by atoms with Crippen LogP contribution in [-0.4, -0.2) is 64.8 Å². The number of thiophene rings is 1. The smallest absolute Gasteiger partial charge is 0.348 e. The number of anilines is 1. The third-order valence-electron chi connectivity index (χ3n) is 4.24. The van der Waals surface area contributed by atoms with Crippen LogP contribution >= 0.6 is 11.3 Å². The molecule has 0 bridgehead atoms. The first-order valence-corrected chi connectivity index (χ1v) is 12.5. The van der Waals surface area contributed by atoms with E-state index < -0.39 is 9.84 Å². The van der Waals surface area contributed by atoms with Crippen LogP contribution in [0, 0.1) is 6.92 Å². The number of hydrogen-bond acceptors (Lipinski definition) is 8. The van der Waals surface area contributed by atoms with Crippen molar-refractivity contribution in [3.05, 3.63) is 40.8 Å². The number of aryl methyl sites for hydroxylation is 1. The number of carbonyl (C=O) groups excluding carboxylic acids is 2. The topological polar surface area (TPSA) is 102 Å². The van der Waals surface area contributed by atoms with Gasteiger partial charge in [-0.05, 0) is 57.1 Å². The Labute approximate surface area is 187 Å². The second-order valence-electron chi connectivity index (χ2n) is 7.08. The Morgan fingerprint density at radius 3 is 2.65 bits per heavy atom. The molecular weight excluding hydrogens is 440 g/mol. The number of rotatable bonds is 11. The number of nitrogens with one attached hydrogen (secondary N) is 1. The van der Waals surface area contributed by atoms with E-state index in [9.17, 15) is 18.0 Å². The van der Waals surface area contributed by atoms with E-state index in [0.29, 0.717) is 41.8 Å².